The summed E-state index contributed by atoms with van der Waals surface area (Å²) in [4.78, 5) is 25.1. The van der Waals surface area contributed by atoms with E-state index in [1.807, 2.05) is 54.6 Å². The fourth-order valence-electron chi connectivity index (χ4n) is 3.57. The summed E-state index contributed by atoms with van der Waals surface area (Å²) in [5.41, 5.74) is 1.97. The van der Waals surface area contributed by atoms with Gasteiger partial charge in [-0.1, -0.05) is 60.7 Å². The Morgan fingerprint density at radius 1 is 1.03 bits per heavy atom. The van der Waals surface area contributed by atoms with Gasteiger partial charge in [-0.15, -0.1) is 0 Å². The quantitative estimate of drug-likeness (QED) is 0.591. The molecule has 0 saturated heterocycles. The number of fused-ring (bicyclic) bond motifs is 1. The lowest BCUT2D eigenvalue weighted by molar-refractivity contribution is -0.140. The van der Waals surface area contributed by atoms with Crippen LogP contribution in [0.4, 0.5) is 4.79 Å². The van der Waals surface area contributed by atoms with Crippen LogP contribution in [0.3, 0.4) is 0 Å². The Morgan fingerprint density at radius 3 is 2.55 bits per heavy atom. The molecule has 1 heterocycles. The van der Waals surface area contributed by atoms with E-state index in [1.165, 1.54) is 0 Å². The molecule has 6 heteroatoms. The van der Waals surface area contributed by atoms with Gasteiger partial charge in [-0.05, 0) is 29.3 Å². The molecule has 1 aliphatic rings. The van der Waals surface area contributed by atoms with E-state index in [-0.39, 0.29) is 17.9 Å². The van der Waals surface area contributed by atoms with Crippen molar-refractivity contribution >= 4 is 22.8 Å². The second kappa shape index (κ2) is 7.67. The van der Waals surface area contributed by atoms with E-state index in [0.29, 0.717) is 11.3 Å². The normalized spacial score (nSPS) is 16.3. The number of hydrogen-bond donors (Lipinski definition) is 3. The van der Waals surface area contributed by atoms with Crippen LogP contribution >= 0.6 is 0 Å². The van der Waals surface area contributed by atoms with E-state index in [2.05, 4.69) is 10.6 Å². The predicted molar refractivity (Wildman–Crippen MR) is 109 cm³/mol. The largest absolute Gasteiger partial charge is 0.508 e. The number of aromatic hydroxyl groups is 1. The Kier molecular flexibility index (Phi) is 4.91. The van der Waals surface area contributed by atoms with Crippen molar-refractivity contribution in [1.82, 2.24) is 10.6 Å². The van der Waals surface area contributed by atoms with Gasteiger partial charge in [-0.2, -0.15) is 0 Å². The molecule has 3 aromatic carbocycles. The van der Waals surface area contributed by atoms with Crippen molar-refractivity contribution in [3.05, 3.63) is 89.1 Å². The first-order valence-electron chi connectivity index (χ1n) is 9.24. The second-order valence-electron chi connectivity index (χ2n) is 6.85. The van der Waals surface area contributed by atoms with Crippen LogP contribution in [0.2, 0.25) is 0 Å². The monoisotopic (exact) mass is 388 g/mol. The van der Waals surface area contributed by atoms with Crippen molar-refractivity contribution in [2.75, 3.05) is 0 Å². The molecule has 0 aromatic heterocycles. The molecule has 29 heavy (non-hydrogen) atoms. The predicted octanol–water partition coefficient (Wildman–Crippen LogP) is 3.92. The van der Waals surface area contributed by atoms with Gasteiger partial charge in [0.05, 0.1) is 11.6 Å². The van der Waals surface area contributed by atoms with Gasteiger partial charge in [0.15, 0.2) is 0 Å². The highest BCUT2D eigenvalue weighted by Gasteiger charge is 2.34. The highest BCUT2D eigenvalue weighted by Crippen LogP contribution is 2.38. The van der Waals surface area contributed by atoms with Gasteiger partial charge < -0.3 is 20.5 Å². The molecule has 0 unspecified atom stereocenters. The zero-order valence-electron chi connectivity index (χ0n) is 15.8. The third-order valence-electron chi connectivity index (χ3n) is 4.94. The van der Waals surface area contributed by atoms with E-state index < -0.39 is 18.0 Å². The molecule has 0 spiro atoms. The Balaban J connectivity index is 1.74. The first-order valence-corrected chi connectivity index (χ1v) is 9.24. The molecular weight excluding hydrogens is 368 g/mol. The number of phenolic OH excluding ortho intramolecular Hbond substituents is 1. The molecule has 0 saturated carbocycles. The third-order valence-corrected chi connectivity index (χ3v) is 4.94. The number of nitrogens with one attached hydrogen (secondary N) is 2. The molecule has 0 fully saturated rings. The van der Waals surface area contributed by atoms with Gasteiger partial charge in [0, 0.05) is 11.3 Å². The topological polar surface area (TPSA) is 87.7 Å². The molecule has 1 aliphatic heterocycles. The lowest BCUT2D eigenvalue weighted by Crippen LogP contribution is -2.45. The van der Waals surface area contributed by atoms with Crippen LogP contribution in [0.5, 0.6) is 5.75 Å². The Bertz CT molecular complexity index is 1120. The van der Waals surface area contributed by atoms with Crippen molar-refractivity contribution in [3.63, 3.8) is 0 Å². The number of esters is 1. The summed E-state index contributed by atoms with van der Waals surface area (Å²) < 4.78 is 5.51. The highest BCUT2D eigenvalue weighted by atomic mass is 16.5. The average Bonchev–Trinajstić information content (AvgIpc) is 2.72. The van der Waals surface area contributed by atoms with E-state index >= 15 is 0 Å². The van der Waals surface area contributed by atoms with Crippen molar-refractivity contribution < 1.29 is 19.4 Å². The Hall–Kier alpha value is -3.80. The zero-order valence-corrected chi connectivity index (χ0v) is 15.8. The first-order chi connectivity index (χ1) is 14.0. The van der Waals surface area contributed by atoms with Crippen LogP contribution < -0.4 is 10.6 Å². The summed E-state index contributed by atoms with van der Waals surface area (Å²) in [5, 5.41) is 17.6. The summed E-state index contributed by atoms with van der Waals surface area (Å²) in [6.45, 7) is 1.76. The summed E-state index contributed by atoms with van der Waals surface area (Å²) in [6.07, 6.45) is 0. The lowest BCUT2D eigenvalue weighted by Gasteiger charge is -2.29. The number of hydrogen-bond acceptors (Lipinski definition) is 4. The average molecular weight is 388 g/mol. The molecule has 0 bridgehead atoms. The van der Waals surface area contributed by atoms with Crippen LogP contribution in [0.15, 0.2) is 78.0 Å². The molecule has 1 atom stereocenters. The summed E-state index contributed by atoms with van der Waals surface area (Å²) in [7, 11) is 0. The number of urea groups is 1. The van der Waals surface area contributed by atoms with E-state index in [0.717, 1.165) is 16.3 Å². The van der Waals surface area contributed by atoms with Crippen molar-refractivity contribution in [3.8, 4) is 5.75 Å². The SMILES string of the molecule is CC1=C(C(=O)OCc2ccccc2)[C@@H](c2c(O)ccc3ccccc23)NC(=O)N1. The molecule has 0 aliphatic carbocycles. The van der Waals surface area contributed by atoms with Crippen LogP contribution in [0.1, 0.15) is 24.1 Å². The van der Waals surface area contributed by atoms with Gasteiger partial charge in [-0.25, -0.2) is 9.59 Å². The zero-order chi connectivity index (χ0) is 20.4. The van der Waals surface area contributed by atoms with Crippen LogP contribution in [-0.4, -0.2) is 17.1 Å². The van der Waals surface area contributed by atoms with Crippen molar-refractivity contribution in [2.24, 2.45) is 0 Å². The molecule has 0 radical (unpaired) electrons. The molecular formula is C23H20N2O4. The van der Waals surface area contributed by atoms with Crippen LogP contribution in [0, 0.1) is 0 Å². The molecule has 6 nitrogen and oxygen atoms in total. The number of carbonyl (C=O) groups excluding carboxylic acids is 2. The number of benzene rings is 3. The third kappa shape index (κ3) is 3.65. The molecule has 3 N–H and O–H groups in total. The Morgan fingerprint density at radius 2 is 1.76 bits per heavy atom. The van der Waals surface area contributed by atoms with Gasteiger partial charge in [0.25, 0.3) is 0 Å². The molecule has 3 aromatic rings. The number of carbonyl (C=O) groups is 2. The lowest BCUT2D eigenvalue weighted by atomic mass is 9.90. The van der Waals surface area contributed by atoms with E-state index in [4.69, 9.17) is 4.74 Å². The van der Waals surface area contributed by atoms with Crippen LogP contribution in [0.25, 0.3) is 10.8 Å². The van der Waals surface area contributed by atoms with Gasteiger partial charge in [0.1, 0.15) is 12.4 Å². The molecule has 4 rings (SSSR count). The van der Waals surface area contributed by atoms with Crippen molar-refractivity contribution in [2.45, 2.75) is 19.6 Å². The van der Waals surface area contributed by atoms with Gasteiger partial charge >= 0.3 is 12.0 Å². The smallest absolute Gasteiger partial charge is 0.338 e. The maximum absolute atomic E-state index is 13.0. The minimum absolute atomic E-state index is 0.00272. The second-order valence-corrected chi connectivity index (χ2v) is 6.85. The standard InChI is InChI=1S/C23H20N2O4/c1-14-19(22(27)29-13-15-7-3-2-4-8-15)21(25-23(28)24-14)20-17-10-6-5-9-16(17)11-12-18(20)26/h2-12,21,26H,13H2,1H3,(H2,24,25,28)/t21-/m0/s1. The van der Waals surface area contributed by atoms with Gasteiger partial charge in [-0.3, -0.25) is 0 Å². The number of phenols is 1. The minimum Gasteiger partial charge on any atom is -0.508 e. The Labute approximate surface area is 167 Å². The van der Waals surface area contributed by atoms with E-state index in [9.17, 15) is 14.7 Å². The number of amides is 2. The first kappa shape index (κ1) is 18.6. The molecule has 146 valence electrons. The summed E-state index contributed by atoms with van der Waals surface area (Å²) >= 11 is 0. The van der Waals surface area contributed by atoms with Crippen LogP contribution in [-0.2, 0) is 16.1 Å². The maximum atomic E-state index is 13.0. The summed E-state index contributed by atoms with van der Waals surface area (Å²) in [6, 6.07) is 18.9. The summed E-state index contributed by atoms with van der Waals surface area (Å²) in [5.74, 6) is -0.562. The fourth-order valence-corrected chi connectivity index (χ4v) is 3.57. The fraction of sp³-hybridized carbons (Fsp3) is 0.130. The van der Waals surface area contributed by atoms with Crippen molar-refractivity contribution in [1.29, 1.82) is 0 Å². The maximum Gasteiger partial charge on any atom is 0.338 e. The molecule has 2 amide bonds. The highest BCUT2D eigenvalue weighted by molar-refractivity contribution is 5.98. The number of ether oxygens (including phenoxy) is 1. The number of allylic oxidation sites excluding steroid dienone is 1. The number of rotatable bonds is 4. The van der Waals surface area contributed by atoms with Gasteiger partial charge in [0.2, 0.25) is 0 Å². The van der Waals surface area contributed by atoms with E-state index in [1.54, 1.807) is 19.1 Å². The minimum atomic E-state index is -0.835.